The van der Waals surface area contributed by atoms with Gasteiger partial charge in [-0.15, -0.1) is 0 Å². The maximum atomic E-state index is 12.1. The second kappa shape index (κ2) is 8.01. The predicted molar refractivity (Wildman–Crippen MR) is 101 cm³/mol. The Labute approximate surface area is 149 Å². The summed E-state index contributed by atoms with van der Waals surface area (Å²) in [7, 11) is 3.18. The van der Waals surface area contributed by atoms with Crippen molar-refractivity contribution in [2.24, 2.45) is 0 Å². The standard InChI is InChI=1S/C18H18INO3/c1-12-10-14(19)6-8-16(12)20-18(21)9-5-13-4-7-15(22-2)11-17(13)23-3/h4-11H,1-3H3,(H,20,21). The number of carbonyl (C=O) groups is 1. The van der Waals surface area contributed by atoms with Crippen LogP contribution in [0.4, 0.5) is 5.69 Å². The Morgan fingerprint density at radius 2 is 1.91 bits per heavy atom. The average Bonchev–Trinajstić information content (AvgIpc) is 2.55. The Bertz CT molecular complexity index is 741. The van der Waals surface area contributed by atoms with Crippen LogP contribution in [0, 0.1) is 10.5 Å². The minimum Gasteiger partial charge on any atom is -0.497 e. The molecule has 120 valence electrons. The highest BCUT2D eigenvalue weighted by atomic mass is 127. The van der Waals surface area contributed by atoms with Crippen molar-refractivity contribution in [2.45, 2.75) is 6.92 Å². The molecule has 2 aromatic carbocycles. The lowest BCUT2D eigenvalue weighted by atomic mass is 10.1. The molecule has 0 heterocycles. The van der Waals surface area contributed by atoms with Gasteiger partial charge in [0.1, 0.15) is 11.5 Å². The average molecular weight is 423 g/mol. The van der Waals surface area contributed by atoms with E-state index in [1.165, 1.54) is 6.08 Å². The van der Waals surface area contributed by atoms with Crippen molar-refractivity contribution in [2.75, 3.05) is 19.5 Å². The van der Waals surface area contributed by atoms with Crippen LogP contribution in [0.25, 0.3) is 6.08 Å². The van der Waals surface area contributed by atoms with E-state index >= 15 is 0 Å². The Balaban J connectivity index is 2.12. The third-order valence-corrected chi connectivity index (χ3v) is 3.97. The van der Waals surface area contributed by atoms with E-state index in [1.807, 2.05) is 37.3 Å². The van der Waals surface area contributed by atoms with Gasteiger partial charge < -0.3 is 14.8 Å². The van der Waals surface area contributed by atoms with Gasteiger partial charge in [0.15, 0.2) is 0 Å². The maximum absolute atomic E-state index is 12.1. The summed E-state index contributed by atoms with van der Waals surface area (Å²) in [6, 6.07) is 11.3. The fourth-order valence-corrected chi connectivity index (χ4v) is 2.71. The molecule has 0 atom stereocenters. The third kappa shape index (κ3) is 4.72. The quantitative estimate of drug-likeness (QED) is 0.578. The van der Waals surface area contributed by atoms with Gasteiger partial charge >= 0.3 is 0 Å². The van der Waals surface area contributed by atoms with Crippen molar-refractivity contribution >= 4 is 40.3 Å². The van der Waals surface area contributed by atoms with Crippen LogP contribution in [0.2, 0.25) is 0 Å². The molecule has 5 heteroatoms. The van der Waals surface area contributed by atoms with Crippen LogP contribution >= 0.6 is 22.6 Å². The van der Waals surface area contributed by atoms with Gasteiger partial charge in [0.05, 0.1) is 14.2 Å². The first-order valence-electron chi connectivity index (χ1n) is 7.00. The molecule has 0 aliphatic carbocycles. The first kappa shape index (κ1) is 17.3. The summed E-state index contributed by atoms with van der Waals surface area (Å²) in [5.41, 5.74) is 2.64. The highest BCUT2D eigenvalue weighted by Gasteiger charge is 2.05. The van der Waals surface area contributed by atoms with Gasteiger partial charge in [0.25, 0.3) is 0 Å². The van der Waals surface area contributed by atoms with E-state index in [2.05, 4.69) is 27.9 Å². The van der Waals surface area contributed by atoms with E-state index in [-0.39, 0.29) is 5.91 Å². The number of hydrogen-bond acceptors (Lipinski definition) is 3. The largest absolute Gasteiger partial charge is 0.497 e. The van der Waals surface area contributed by atoms with E-state index in [0.29, 0.717) is 11.5 Å². The molecule has 0 aliphatic rings. The molecule has 23 heavy (non-hydrogen) atoms. The molecule has 2 aromatic rings. The van der Waals surface area contributed by atoms with Gasteiger partial charge in [-0.25, -0.2) is 0 Å². The Morgan fingerprint density at radius 3 is 2.57 bits per heavy atom. The summed E-state index contributed by atoms with van der Waals surface area (Å²) in [6.45, 7) is 1.97. The lowest BCUT2D eigenvalue weighted by Crippen LogP contribution is -2.09. The highest BCUT2D eigenvalue weighted by molar-refractivity contribution is 14.1. The molecule has 0 aromatic heterocycles. The van der Waals surface area contributed by atoms with E-state index in [9.17, 15) is 4.79 Å². The summed E-state index contributed by atoms with van der Waals surface area (Å²) in [6.07, 6.45) is 3.21. The molecule has 0 bridgehead atoms. The van der Waals surface area contributed by atoms with Crippen LogP contribution in [0.3, 0.4) is 0 Å². The van der Waals surface area contributed by atoms with Crippen LogP contribution in [0.1, 0.15) is 11.1 Å². The molecule has 0 unspecified atom stereocenters. The first-order chi connectivity index (χ1) is 11.0. The van der Waals surface area contributed by atoms with Gasteiger partial charge in [-0.3, -0.25) is 4.79 Å². The molecule has 0 spiro atoms. The number of halogens is 1. The summed E-state index contributed by atoms with van der Waals surface area (Å²) in [5.74, 6) is 1.17. The van der Waals surface area contributed by atoms with Crippen molar-refractivity contribution < 1.29 is 14.3 Å². The molecule has 0 aliphatic heterocycles. The number of rotatable bonds is 5. The zero-order valence-electron chi connectivity index (χ0n) is 13.2. The monoisotopic (exact) mass is 423 g/mol. The topological polar surface area (TPSA) is 47.6 Å². The molecule has 4 nitrogen and oxygen atoms in total. The van der Waals surface area contributed by atoms with Crippen molar-refractivity contribution in [1.82, 2.24) is 0 Å². The molecule has 1 N–H and O–H groups in total. The van der Waals surface area contributed by atoms with Gasteiger partial charge in [0.2, 0.25) is 5.91 Å². The van der Waals surface area contributed by atoms with Crippen molar-refractivity contribution in [1.29, 1.82) is 0 Å². The van der Waals surface area contributed by atoms with Crippen LogP contribution in [-0.2, 0) is 4.79 Å². The summed E-state index contributed by atoms with van der Waals surface area (Å²) >= 11 is 2.24. The number of anilines is 1. The summed E-state index contributed by atoms with van der Waals surface area (Å²) < 4.78 is 11.6. The zero-order valence-corrected chi connectivity index (χ0v) is 15.4. The normalized spacial score (nSPS) is 10.6. The van der Waals surface area contributed by atoms with Crippen LogP contribution in [-0.4, -0.2) is 20.1 Å². The number of carbonyl (C=O) groups excluding carboxylic acids is 1. The molecular weight excluding hydrogens is 405 g/mol. The number of benzene rings is 2. The van der Waals surface area contributed by atoms with E-state index < -0.39 is 0 Å². The van der Waals surface area contributed by atoms with E-state index in [1.54, 1.807) is 26.4 Å². The smallest absolute Gasteiger partial charge is 0.248 e. The van der Waals surface area contributed by atoms with Crippen molar-refractivity contribution in [3.05, 3.63) is 57.2 Å². The van der Waals surface area contributed by atoms with E-state index in [0.717, 1.165) is 20.4 Å². The maximum Gasteiger partial charge on any atom is 0.248 e. The number of ether oxygens (including phenoxy) is 2. The number of aryl methyl sites for hydroxylation is 1. The molecule has 0 radical (unpaired) electrons. The lowest BCUT2D eigenvalue weighted by Gasteiger charge is -2.08. The van der Waals surface area contributed by atoms with Gasteiger partial charge in [-0.05, 0) is 71.5 Å². The fraction of sp³-hybridized carbons (Fsp3) is 0.167. The van der Waals surface area contributed by atoms with Gasteiger partial charge in [0, 0.05) is 27.0 Å². The fourth-order valence-electron chi connectivity index (χ4n) is 2.06. The number of nitrogens with one attached hydrogen (secondary N) is 1. The van der Waals surface area contributed by atoms with Crippen molar-refractivity contribution in [3.63, 3.8) is 0 Å². The Hall–Kier alpha value is -2.02. The SMILES string of the molecule is COc1ccc(C=CC(=O)Nc2ccc(I)cc2C)c(OC)c1. The summed E-state index contributed by atoms with van der Waals surface area (Å²) in [5, 5.41) is 2.87. The number of hydrogen-bond donors (Lipinski definition) is 1. The molecule has 0 saturated heterocycles. The van der Waals surface area contributed by atoms with Crippen LogP contribution in [0.15, 0.2) is 42.5 Å². The third-order valence-electron chi connectivity index (χ3n) is 3.30. The zero-order chi connectivity index (χ0) is 16.8. The minimum absolute atomic E-state index is 0.188. The minimum atomic E-state index is -0.188. The Morgan fingerprint density at radius 1 is 1.13 bits per heavy atom. The molecule has 0 fully saturated rings. The first-order valence-corrected chi connectivity index (χ1v) is 8.08. The molecular formula is C18H18INO3. The molecule has 1 amide bonds. The van der Waals surface area contributed by atoms with Crippen LogP contribution < -0.4 is 14.8 Å². The van der Waals surface area contributed by atoms with Crippen molar-refractivity contribution in [3.8, 4) is 11.5 Å². The lowest BCUT2D eigenvalue weighted by molar-refractivity contribution is -0.111. The molecule has 2 rings (SSSR count). The second-order valence-electron chi connectivity index (χ2n) is 4.89. The van der Waals surface area contributed by atoms with Gasteiger partial charge in [-0.2, -0.15) is 0 Å². The predicted octanol–water partition coefficient (Wildman–Crippen LogP) is 4.27. The van der Waals surface area contributed by atoms with Crippen LogP contribution in [0.5, 0.6) is 11.5 Å². The Kier molecular flexibility index (Phi) is 6.04. The highest BCUT2D eigenvalue weighted by Crippen LogP contribution is 2.25. The molecule has 0 saturated carbocycles. The van der Waals surface area contributed by atoms with E-state index in [4.69, 9.17) is 9.47 Å². The summed E-state index contributed by atoms with van der Waals surface area (Å²) in [4.78, 5) is 12.1. The number of amides is 1. The second-order valence-corrected chi connectivity index (χ2v) is 6.14. The van der Waals surface area contributed by atoms with Gasteiger partial charge in [-0.1, -0.05) is 0 Å². The number of methoxy groups -OCH3 is 2.